The molecular formula is C16H23N5. The van der Waals surface area contributed by atoms with Crippen LogP contribution in [0.2, 0.25) is 0 Å². The number of pyridine rings is 1. The van der Waals surface area contributed by atoms with E-state index >= 15 is 0 Å². The van der Waals surface area contributed by atoms with E-state index in [4.69, 9.17) is 0 Å². The van der Waals surface area contributed by atoms with Gasteiger partial charge >= 0.3 is 0 Å². The number of nitrogens with zero attached hydrogens (tertiary/aromatic N) is 3. The summed E-state index contributed by atoms with van der Waals surface area (Å²) >= 11 is 0. The van der Waals surface area contributed by atoms with E-state index in [2.05, 4.69) is 39.4 Å². The molecular weight excluding hydrogens is 262 g/mol. The molecule has 0 radical (unpaired) electrons. The first-order valence-electron chi connectivity index (χ1n) is 7.87. The van der Waals surface area contributed by atoms with E-state index < -0.39 is 0 Å². The molecule has 1 saturated carbocycles. The maximum atomic E-state index is 4.68. The van der Waals surface area contributed by atoms with Crippen LogP contribution in [0.1, 0.15) is 46.0 Å². The number of anilines is 2. The van der Waals surface area contributed by atoms with Gasteiger partial charge in [0.05, 0.1) is 0 Å². The van der Waals surface area contributed by atoms with E-state index in [-0.39, 0.29) is 0 Å². The summed E-state index contributed by atoms with van der Waals surface area (Å²) in [6, 6.07) is 2.79. The summed E-state index contributed by atoms with van der Waals surface area (Å²) in [5, 5.41) is 7.84. The van der Waals surface area contributed by atoms with E-state index in [0.717, 1.165) is 16.7 Å². The highest BCUT2D eigenvalue weighted by molar-refractivity contribution is 5.88. The Morgan fingerprint density at radius 1 is 1.14 bits per heavy atom. The molecule has 2 aromatic heterocycles. The average Bonchev–Trinajstić information content (AvgIpc) is 2.48. The van der Waals surface area contributed by atoms with Crippen molar-refractivity contribution in [3.8, 4) is 0 Å². The summed E-state index contributed by atoms with van der Waals surface area (Å²) in [5.41, 5.74) is 0.888. The highest BCUT2D eigenvalue weighted by Gasteiger charge is 2.15. The van der Waals surface area contributed by atoms with Crippen LogP contribution < -0.4 is 10.6 Å². The highest BCUT2D eigenvalue weighted by atomic mass is 15.1. The van der Waals surface area contributed by atoms with Gasteiger partial charge in [-0.1, -0.05) is 19.3 Å². The predicted molar refractivity (Wildman–Crippen MR) is 86.6 cm³/mol. The third-order valence-corrected chi connectivity index (χ3v) is 3.86. The fourth-order valence-electron chi connectivity index (χ4n) is 2.83. The molecule has 2 N–H and O–H groups in total. The maximum absolute atomic E-state index is 4.68. The lowest BCUT2D eigenvalue weighted by molar-refractivity contribution is 0.461. The molecule has 0 spiro atoms. The molecule has 1 aliphatic rings. The van der Waals surface area contributed by atoms with Crippen molar-refractivity contribution >= 4 is 22.7 Å². The first kappa shape index (κ1) is 14.0. The molecule has 21 heavy (non-hydrogen) atoms. The fourth-order valence-corrected chi connectivity index (χ4v) is 2.83. The molecule has 112 valence electrons. The molecule has 2 heterocycles. The third kappa shape index (κ3) is 3.40. The smallest absolute Gasteiger partial charge is 0.223 e. The molecule has 1 fully saturated rings. The topological polar surface area (TPSA) is 62.7 Å². The second kappa shape index (κ2) is 6.24. The van der Waals surface area contributed by atoms with Crippen molar-refractivity contribution in [1.29, 1.82) is 0 Å². The van der Waals surface area contributed by atoms with E-state index in [9.17, 15) is 0 Å². The molecule has 0 atom stereocenters. The highest BCUT2D eigenvalue weighted by Crippen LogP contribution is 2.23. The molecule has 0 aromatic carbocycles. The lowest BCUT2D eigenvalue weighted by Crippen LogP contribution is -2.23. The Morgan fingerprint density at radius 3 is 2.71 bits per heavy atom. The van der Waals surface area contributed by atoms with Gasteiger partial charge in [-0.25, -0.2) is 15.0 Å². The number of nitrogens with one attached hydrogen (secondary N) is 2. The van der Waals surface area contributed by atoms with Crippen LogP contribution in [0.25, 0.3) is 10.9 Å². The van der Waals surface area contributed by atoms with E-state index in [0.29, 0.717) is 18.0 Å². The minimum absolute atomic E-state index is 0.327. The van der Waals surface area contributed by atoms with Crippen molar-refractivity contribution in [3.05, 3.63) is 18.5 Å². The molecule has 2 aromatic rings. The van der Waals surface area contributed by atoms with Gasteiger partial charge in [0, 0.05) is 29.9 Å². The molecule has 0 amide bonds. The van der Waals surface area contributed by atoms with Crippen LogP contribution >= 0.6 is 0 Å². The number of rotatable bonds is 4. The predicted octanol–water partition coefficient (Wildman–Crippen LogP) is 3.59. The molecule has 5 nitrogen and oxygen atoms in total. The molecule has 0 aliphatic heterocycles. The zero-order valence-corrected chi connectivity index (χ0v) is 12.8. The summed E-state index contributed by atoms with van der Waals surface area (Å²) < 4.78 is 0. The molecule has 3 rings (SSSR count). The molecule has 0 saturated heterocycles. The summed E-state index contributed by atoms with van der Waals surface area (Å²) in [5.74, 6) is 1.55. The quantitative estimate of drug-likeness (QED) is 0.899. The van der Waals surface area contributed by atoms with Gasteiger partial charge in [-0.15, -0.1) is 0 Å². The minimum atomic E-state index is 0.327. The fraction of sp³-hybridized carbons (Fsp3) is 0.562. The van der Waals surface area contributed by atoms with Gasteiger partial charge in [0.2, 0.25) is 5.95 Å². The Labute approximate surface area is 125 Å². The van der Waals surface area contributed by atoms with Crippen molar-refractivity contribution in [1.82, 2.24) is 15.0 Å². The van der Waals surface area contributed by atoms with Gasteiger partial charge in [-0.2, -0.15) is 0 Å². The van der Waals surface area contributed by atoms with E-state index in [1.54, 1.807) is 6.20 Å². The van der Waals surface area contributed by atoms with Crippen molar-refractivity contribution in [2.45, 2.75) is 58.0 Å². The Balaban J connectivity index is 1.86. The van der Waals surface area contributed by atoms with Crippen LogP contribution in [0.3, 0.4) is 0 Å². The summed E-state index contributed by atoms with van der Waals surface area (Å²) in [6.07, 6.45) is 10.0. The Hall–Kier alpha value is -1.91. The van der Waals surface area contributed by atoms with Crippen LogP contribution in [0.15, 0.2) is 18.5 Å². The van der Waals surface area contributed by atoms with Gasteiger partial charge in [-0.05, 0) is 32.8 Å². The van der Waals surface area contributed by atoms with Crippen LogP contribution in [-0.2, 0) is 0 Å². The number of fused-ring (bicyclic) bond motifs is 1. The number of aromatic nitrogens is 3. The normalized spacial score (nSPS) is 16.3. The van der Waals surface area contributed by atoms with Crippen LogP contribution in [0.4, 0.5) is 11.8 Å². The van der Waals surface area contributed by atoms with Crippen molar-refractivity contribution in [3.63, 3.8) is 0 Å². The zero-order valence-electron chi connectivity index (χ0n) is 12.8. The van der Waals surface area contributed by atoms with Crippen molar-refractivity contribution in [2.24, 2.45) is 0 Å². The molecule has 1 aliphatic carbocycles. The maximum Gasteiger partial charge on any atom is 0.223 e. The molecule has 0 unspecified atom stereocenters. The van der Waals surface area contributed by atoms with Crippen LogP contribution in [-0.4, -0.2) is 27.0 Å². The zero-order chi connectivity index (χ0) is 14.7. The second-order valence-corrected chi connectivity index (χ2v) is 6.07. The summed E-state index contributed by atoms with van der Waals surface area (Å²) in [7, 11) is 0. The lowest BCUT2D eigenvalue weighted by Gasteiger charge is -2.22. The van der Waals surface area contributed by atoms with Gasteiger partial charge < -0.3 is 10.6 Å². The van der Waals surface area contributed by atoms with Gasteiger partial charge in [-0.3, -0.25) is 0 Å². The summed E-state index contributed by atoms with van der Waals surface area (Å²) in [6.45, 7) is 4.20. The van der Waals surface area contributed by atoms with Crippen molar-refractivity contribution < 1.29 is 0 Å². The monoisotopic (exact) mass is 285 g/mol. The van der Waals surface area contributed by atoms with Crippen LogP contribution in [0, 0.1) is 0 Å². The minimum Gasteiger partial charge on any atom is -0.366 e. The Bertz CT molecular complexity index is 605. The van der Waals surface area contributed by atoms with E-state index in [1.807, 2.05) is 12.3 Å². The third-order valence-electron chi connectivity index (χ3n) is 3.86. The number of hydrogen-bond acceptors (Lipinski definition) is 5. The Morgan fingerprint density at radius 2 is 1.95 bits per heavy atom. The van der Waals surface area contributed by atoms with Gasteiger partial charge in [0.25, 0.3) is 0 Å². The average molecular weight is 285 g/mol. The second-order valence-electron chi connectivity index (χ2n) is 6.07. The molecule has 5 heteroatoms. The SMILES string of the molecule is CC(C)Nc1nccc2cnc(NC3CCCCC3)nc12. The standard InChI is InChI=1S/C16H23N5/c1-11(2)19-15-14-12(8-9-17-15)10-18-16(21-14)20-13-6-4-3-5-7-13/h8-11,13H,3-7H2,1-2H3,(H,17,19)(H,18,20,21). The van der Waals surface area contributed by atoms with Gasteiger partial charge in [0.1, 0.15) is 5.52 Å². The Kier molecular flexibility index (Phi) is 4.18. The van der Waals surface area contributed by atoms with E-state index in [1.165, 1.54) is 32.1 Å². The first-order valence-corrected chi connectivity index (χ1v) is 7.87. The largest absolute Gasteiger partial charge is 0.366 e. The summed E-state index contributed by atoms with van der Waals surface area (Å²) in [4.78, 5) is 13.5. The van der Waals surface area contributed by atoms with Crippen molar-refractivity contribution in [2.75, 3.05) is 10.6 Å². The van der Waals surface area contributed by atoms with Crippen LogP contribution in [0.5, 0.6) is 0 Å². The first-order chi connectivity index (χ1) is 10.2. The lowest BCUT2D eigenvalue weighted by atomic mass is 9.96. The number of hydrogen-bond donors (Lipinski definition) is 2. The molecule has 0 bridgehead atoms. The van der Waals surface area contributed by atoms with Gasteiger partial charge in [0.15, 0.2) is 5.82 Å².